The van der Waals surface area contributed by atoms with Crippen LogP contribution in [0.4, 0.5) is 5.69 Å². The van der Waals surface area contributed by atoms with Gasteiger partial charge in [0.1, 0.15) is 11.4 Å². The number of fused-ring (bicyclic) bond motifs is 3. The first-order valence-electron chi connectivity index (χ1n) is 16.0. The average Bonchev–Trinajstić information content (AvgIpc) is 3.74. The van der Waals surface area contributed by atoms with E-state index >= 15 is 0 Å². The molecule has 12 heteroatoms. The molecule has 0 radical (unpaired) electrons. The number of rotatable bonds is 8. The Kier molecular flexibility index (Phi) is 8.47. The van der Waals surface area contributed by atoms with Crippen molar-refractivity contribution in [1.82, 2.24) is 35.0 Å². The summed E-state index contributed by atoms with van der Waals surface area (Å²) in [6.45, 7) is 9.71. The third-order valence-electron chi connectivity index (χ3n) is 9.26. The van der Waals surface area contributed by atoms with Gasteiger partial charge in [-0.15, -0.1) is 10.2 Å². The van der Waals surface area contributed by atoms with E-state index in [1.165, 1.54) is 0 Å². The summed E-state index contributed by atoms with van der Waals surface area (Å²) in [5.41, 5.74) is 9.96. The van der Waals surface area contributed by atoms with Crippen molar-refractivity contribution in [1.29, 1.82) is 0 Å². The van der Waals surface area contributed by atoms with Gasteiger partial charge in [-0.2, -0.15) is 10.3 Å². The van der Waals surface area contributed by atoms with E-state index in [4.69, 9.17) is 33.0 Å². The van der Waals surface area contributed by atoms with Crippen molar-refractivity contribution in [2.75, 3.05) is 18.1 Å². The molecule has 1 aliphatic heterocycles. The highest BCUT2D eigenvalue weighted by atomic mass is 35.5. The molecule has 0 bridgehead atoms. The molecule has 0 spiro atoms. The topological polar surface area (TPSA) is 107 Å². The second-order valence-electron chi connectivity index (χ2n) is 12.4. The van der Waals surface area contributed by atoms with Crippen LogP contribution in [0.5, 0.6) is 5.75 Å². The van der Waals surface area contributed by atoms with Gasteiger partial charge in [0, 0.05) is 58.6 Å². The predicted octanol–water partition coefficient (Wildman–Crippen LogP) is 7.82. The van der Waals surface area contributed by atoms with Crippen LogP contribution in [0.15, 0.2) is 48.5 Å². The fraction of sp³-hybridized carbons (Fsp3) is 0.306. The van der Waals surface area contributed by atoms with Crippen LogP contribution in [-0.4, -0.2) is 54.0 Å². The third-order valence-corrected chi connectivity index (χ3v) is 10.2. The minimum Gasteiger partial charge on any atom is -0.494 e. The predicted molar refractivity (Wildman–Crippen MR) is 189 cm³/mol. The summed E-state index contributed by atoms with van der Waals surface area (Å²) in [5, 5.41) is 21.6. The van der Waals surface area contributed by atoms with E-state index in [-0.39, 0.29) is 5.91 Å². The largest absolute Gasteiger partial charge is 0.494 e. The highest BCUT2D eigenvalue weighted by Crippen LogP contribution is 2.43. The number of nitrogens with one attached hydrogen (secondary N) is 1. The number of amides is 1. The Hall–Kier alpha value is -4.67. The number of carbonyl (C=O) groups excluding carboxylic acids is 1. The number of hydrogen-bond acceptors (Lipinski definition) is 6. The van der Waals surface area contributed by atoms with Crippen LogP contribution in [0, 0.1) is 27.7 Å². The highest BCUT2D eigenvalue weighted by molar-refractivity contribution is 6.35. The van der Waals surface area contributed by atoms with Crippen molar-refractivity contribution in [2.45, 2.75) is 53.5 Å². The summed E-state index contributed by atoms with van der Waals surface area (Å²) in [4.78, 5) is 16.7. The van der Waals surface area contributed by atoms with Gasteiger partial charge in [0.05, 0.1) is 22.8 Å². The molecule has 0 saturated carbocycles. The number of ether oxygens (including phenoxy) is 1. The number of aromatic nitrogens is 7. The van der Waals surface area contributed by atoms with Crippen molar-refractivity contribution < 1.29 is 9.53 Å². The number of anilines is 1. The van der Waals surface area contributed by atoms with Gasteiger partial charge < -0.3 is 14.2 Å². The molecular weight excluding hydrogens is 647 g/mol. The molecular formula is C36H36Cl2N8O2. The smallest absolute Gasteiger partial charge is 0.275 e. The van der Waals surface area contributed by atoms with Crippen LogP contribution in [-0.2, 0) is 20.0 Å². The zero-order valence-electron chi connectivity index (χ0n) is 27.6. The van der Waals surface area contributed by atoms with Crippen LogP contribution in [0.2, 0.25) is 10.0 Å². The summed E-state index contributed by atoms with van der Waals surface area (Å²) in [6, 6.07) is 15.7. The first kappa shape index (κ1) is 31.9. The number of hydrogen-bond donors (Lipinski definition) is 1. The van der Waals surface area contributed by atoms with E-state index < -0.39 is 0 Å². The molecule has 6 aromatic rings. The number of aryl methyl sites for hydroxylation is 6. The van der Waals surface area contributed by atoms with E-state index in [1.54, 1.807) is 0 Å². The number of nitrogens with zero attached hydrogens (tertiary/aromatic N) is 7. The lowest BCUT2D eigenvalue weighted by molar-refractivity contribution is 0.0982. The number of halogens is 2. The van der Waals surface area contributed by atoms with E-state index in [2.05, 4.69) is 38.2 Å². The summed E-state index contributed by atoms with van der Waals surface area (Å²) in [5.74, 6) is 1.20. The number of carbonyl (C=O) groups is 1. The van der Waals surface area contributed by atoms with Crippen molar-refractivity contribution in [3.8, 4) is 28.3 Å². The van der Waals surface area contributed by atoms with Crippen LogP contribution >= 0.6 is 23.2 Å². The van der Waals surface area contributed by atoms with Crippen molar-refractivity contribution >= 4 is 45.7 Å². The molecule has 4 heterocycles. The normalized spacial score (nSPS) is 13.3. The number of tetrazole rings is 1. The molecule has 3 aromatic carbocycles. The van der Waals surface area contributed by atoms with Crippen LogP contribution in [0.3, 0.4) is 0 Å². The quantitative estimate of drug-likeness (QED) is 0.164. The molecule has 0 fully saturated rings. The number of benzene rings is 3. The Balaban J connectivity index is 1.33. The molecule has 1 N–H and O–H groups in total. The van der Waals surface area contributed by atoms with Gasteiger partial charge in [0.15, 0.2) is 0 Å². The molecule has 0 saturated heterocycles. The molecule has 0 aliphatic carbocycles. The van der Waals surface area contributed by atoms with Crippen molar-refractivity contribution in [3.63, 3.8) is 0 Å². The lowest BCUT2D eigenvalue weighted by Crippen LogP contribution is -2.31. The first-order valence-corrected chi connectivity index (χ1v) is 16.8. The van der Waals surface area contributed by atoms with Gasteiger partial charge in [0.2, 0.25) is 5.82 Å². The van der Waals surface area contributed by atoms with E-state index in [9.17, 15) is 4.79 Å². The van der Waals surface area contributed by atoms with Crippen LogP contribution in [0.25, 0.3) is 33.4 Å². The summed E-state index contributed by atoms with van der Waals surface area (Å²) < 4.78 is 10.3. The van der Waals surface area contributed by atoms with E-state index in [0.717, 1.165) is 78.6 Å². The Morgan fingerprint density at radius 1 is 0.979 bits per heavy atom. The maximum absolute atomic E-state index is 14.8. The zero-order valence-corrected chi connectivity index (χ0v) is 29.1. The maximum Gasteiger partial charge on any atom is 0.275 e. The van der Waals surface area contributed by atoms with Gasteiger partial charge in [-0.3, -0.25) is 9.48 Å². The second kappa shape index (κ2) is 12.7. The number of H-pyrrole nitrogens is 1. The van der Waals surface area contributed by atoms with Crippen LogP contribution in [0.1, 0.15) is 51.4 Å². The Bertz CT molecular complexity index is 2160. The summed E-state index contributed by atoms with van der Waals surface area (Å²) in [7, 11) is 1.94. The molecule has 1 aliphatic rings. The summed E-state index contributed by atoms with van der Waals surface area (Å²) >= 11 is 13.4. The van der Waals surface area contributed by atoms with Gasteiger partial charge in [-0.25, -0.2) is 0 Å². The molecule has 246 valence electrons. The first-order chi connectivity index (χ1) is 23.1. The van der Waals surface area contributed by atoms with Crippen molar-refractivity contribution in [2.24, 2.45) is 7.05 Å². The molecule has 3 aromatic heterocycles. The Morgan fingerprint density at radius 2 is 1.77 bits per heavy atom. The minimum atomic E-state index is -0.0597. The molecule has 1 amide bonds. The second-order valence-corrected chi connectivity index (χ2v) is 13.2. The average molecular weight is 684 g/mol. The van der Waals surface area contributed by atoms with Crippen LogP contribution < -0.4 is 9.64 Å². The molecule has 0 unspecified atom stereocenters. The maximum atomic E-state index is 14.8. The van der Waals surface area contributed by atoms with E-state index in [1.807, 2.05) is 79.9 Å². The minimum absolute atomic E-state index is 0.0597. The molecule has 10 nitrogen and oxygen atoms in total. The lowest BCUT2D eigenvalue weighted by Gasteiger charge is -2.21. The fourth-order valence-electron chi connectivity index (χ4n) is 6.98. The summed E-state index contributed by atoms with van der Waals surface area (Å²) in [6.07, 6.45) is 2.10. The van der Waals surface area contributed by atoms with Gasteiger partial charge in [-0.05, 0) is 99.2 Å². The van der Waals surface area contributed by atoms with Crippen molar-refractivity contribution in [3.05, 3.63) is 92.3 Å². The Morgan fingerprint density at radius 3 is 2.48 bits per heavy atom. The SMILES string of the molecule is Cc1cc(OCCCc2c3n(c4c(-c5c(C)nn(C)c5C)c(Cl)ccc24)CCCN(c2cccc(-c4nn[nH]n4)c2)C3=O)cc(C)c1Cl. The zero-order chi connectivity index (χ0) is 33.7. The molecule has 0 atom stereocenters. The van der Waals surface area contributed by atoms with Gasteiger partial charge in [0.25, 0.3) is 5.91 Å². The Labute approximate surface area is 288 Å². The number of aromatic amines is 1. The highest BCUT2D eigenvalue weighted by Gasteiger charge is 2.32. The van der Waals surface area contributed by atoms with Gasteiger partial charge in [-0.1, -0.05) is 41.4 Å². The van der Waals surface area contributed by atoms with Gasteiger partial charge >= 0.3 is 0 Å². The lowest BCUT2D eigenvalue weighted by atomic mass is 9.98. The molecule has 7 rings (SSSR count). The standard InChI is InChI=1S/C36H36Cl2N8O2/c1-20-17-26(18-21(2)32(20)38)48-16-7-11-27-28-12-13-29(37)31(30-22(3)41-44(5)23(30)4)33(28)46-15-8-14-45(36(47)34(27)46)25-10-6-9-24(19-25)35-39-42-43-40-35/h6,9-10,12-13,17-19H,7-8,11,14-16H2,1-5H3,(H,39,40,42,43). The molecule has 48 heavy (non-hydrogen) atoms. The fourth-order valence-corrected chi connectivity index (χ4v) is 7.33. The van der Waals surface area contributed by atoms with E-state index in [0.29, 0.717) is 49.1 Å². The third kappa shape index (κ3) is 5.52. The monoisotopic (exact) mass is 682 g/mol.